The highest BCUT2D eigenvalue weighted by molar-refractivity contribution is 5.63. The number of benzene rings is 1. The van der Waals surface area contributed by atoms with Crippen LogP contribution in [0.5, 0.6) is 11.5 Å². The Labute approximate surface area is 116 Å². The molecule has 5 nitrogen and oxygen atoms in total. The summed E-state index contributed by atoms with van der Waals surface area (Å²) in [4.78, 5) is 19.1. The predicted octanol–water partition coefficient (Wildman–Crippen LogP) is 2.33. The van der Waals surface area contributed by atoms with Crippen LogP contribution in [0.2, 0.25) is 0 Å². The quantitative estimate of drug-likeness (QED) is 0.927. The molecule has 0 atom stereocenters. The van der Waals surface area contributed by atoms with E-state index in [1.54, 1.807) is 14.2 Å². The van der Waals surface area contributed by atoms with Crippen molar-refractivity contribution in [2.75, 3.05) is 14.2 Å². The minimum absolute atomic E-state index is 0.119. The summed E-state index contributed by atoms with van der Waals surface area (Å²) in [5.74, 6) is 2.47. The number of hydrogen-bond acceptors (Lipinski definition) is 4. The van der Waals surface area contributed by atoms with Crippen molar-refractivity contribution in [2.45, 2.75) is 18.8 Å². The highest BCUT2D eigenvalue weighted by Gasteiger charge is 2.26. The zero-order valence-corrected chi connectivity index (χ0v) is 11.5. The molecule has 0 amide bonds. The molecular weight excluding hydrogens is 256 g/mol. The summed E-state index contributed by atoms with van der Waals surface area (Å²) in [6, 6.07) is 7.03. The lowest BCUT2D eigenvalue weighted by Gasteiger charge is -2.09. The minimum atomic E-state index is -0.119. The van der Waals surface area contributed by atoms with Crippen molar-refractivity contribution in [1.82, 2.24) is 9.97 Å². The Morgan fingerprint density at radius 3 is 2.55 bits per heavy atom. The number of H-pyrrole nitrogens is 1. The number of methoxy groups -OCH3 is 2. The summed E-state index contributed by atoms with van der Waals surface area (Å²) in [5.41, 5.74) is 1.39. The van der Waals surface area contributed by atoms with E-state index in [0.29, 0.717) is 23.1 Å². The lowest BCUT2D eigenvalue weighted by atomic mass is 10.1. The van der Waals surface area contributed by atoms with Crippen LogP contribution in [0.25, 0.3) is 11.3 Å². The summed E-state index contributed by atoms with van der Waals surface area (Å²) in [6.07, 6.45) is 2.19. The van der Waals surface area contributed by atoms with Crippen LogP contribution in [-0.2, 0) is 0 Å². The molecule has 0 unspecified atom stereocenters. The molecule has 0 bridgehead atoms. The Morgan fingerprint density at radius 2 is 1.90 bits per heavy atom. The normalized spacial score (nSPS) is 14.1. The molecule has 1 aliphatic carbocycles. The molecule has 5 heteroatoms. The number of nitrogens with one attached hydrogen (secondary N) is 1. The number of aromatic nitrogens is 2. The molecule has 104 valence electrons. The Hall–Kier alpha value is -2.30. The fourth-order valence-electron chi connectivity index (χ4n) is 2.17. The molecular formula is C15H16N2O3. The first kappa shape index (κ1) is 12.7. The summed E-state index contributed by atoms with van der Waals surface area (Å²) >= 11 is 0. The van der Waals surface area contributed by atoms with Gasteiger partial charge in [0, 0.05) is 17.5 Å². The van der Waals surface area contributed by atoms with E-state index in [1.165, 1.54) is 6.07 Å². The van der Waals surface area contributed by atoms with E-state index in [4.69, 9.17) is 9.47 Å². The third kappa shape index (κ3) is 2.39. The molecule has 20 heavy (non-hydrogen) atoms. The van der Waals surface area contributed by atoms with Gasteiger partial charge in [0.25, 0.3) is 5.56 Å². The number of hydrogen-bond donors (Lipinski definition) is 1. The first-order chi connectivity index (χ1) is 9.71. The molecule has 1 heterocycles. The van der Waals surface area contributed by atoms with Gasteiger partial charge in [0.2, 0.25) is 0 Å². The van der Waals surface area contributed by atoms with E-state index >= 15 is 0 Å². The maximum absolute atomic E-state index is 11.7. The first-order valence-corrected chi connectivity index (χ1v) is 6.55. The van der Waals surface area contributed by atoms with Crippen LogP contribution in [-0.4, -0.2) is 24.2 Å². The van der Waals surface area contributed by atoms with Gasteiger partial charge in [0.15, 0.2) is 11.5 Å². The van der Waals surface area contributed by atoms with E-state index in [9.17, 15) is 4.79 Å². The zero-order valence-electron chi connectivity index (χ0n) is 11.5. The Morgan fingerprint density at radius 1 is 1.15 bits per heavy atom. The topological polar surface area (TPSA) is 64.2 Å². The second kappa shape index (κ2) is 5.00. The predicted molar refractivity (Wildman–Crippen MR) is 75.4 cm³/mol. The summed E-state index contributed by atoms with van der Waals surface area (Å²) < 4.78 is 10.5. The number of aromatic amines is 1. The van der Waals surface area contributed by atoms with Crippen LogP contribution in [0.15, 0.2) is 29.1 Å². The smallest absolute Gasteiger partial charge is 0.251 e. The van der Waals surface area contributed by atoms with Crippen LogP contribution in [0, 0.1) is 0 Å². The molecule has 1 saturated carbocycles. The molecule has 0 radical (unpaired) electrons. The van der Waals surface area contributed by atoms with Gasteiger partial charge in [-0.25, -0.2) is 4.98 Å². The molecule has 1 aromatic heterocycles. The minimum Gasteiger partial charge on any atom is -0.493 e. The molecule has 3 rings (SSSR count). The van der Waals surface area contributed by atoms with Crippen molar-refractivity contribution in [1.29, 1.82) is 0 Å². The molecule has 1 N–H and O–H groups in total. The number of rotatable bonds is 4. The average molecular weight is 272 g/mol. The fourth-order valence-corrected chi connectivity index (χ4v) is 2.17. The van der Waals surface area contributed by atoms with Gasteiger partial charge in [0.05, 0.1) is 19.9 Å². The standard InChI is InChI=1S/C15H16N2O3/c1-19-12-6-5-10(7-13(12)20-2)11-8-14(18)17-15(16-11)9-3-4-9/h5-9H,3-4H2,1-2H3,(H,16,17,18). The molecule has 1 aliphatic rings. The number of ether oxygens (including phenoxy) is 2. The van der Waals surface area contributed by atoms with Crippen molar-refractivity contribution >= 4 is 0 Å². The number of nitrogens with zero attached hydrogens (tertiary/aromatic N) is 1. The Balaban J connectivity index is 2.06. The van der Waals surface area contributed by atoms with E-state index in [2.05, 4.69) is 9.97 Å². The van der Waals surface area contributed by atoms with E-state index < -0.39 is 0 Å². The highest BCUT2D eigenvalue weighted by atomic mass is 16.5. The van der Waals surface area contributed by atoms with Gasteiger partial charge in [0.1, 0.15) is 5.82 Å². The summed E-state index contributed by atoms with van der Waals surface area (Å²) in [6.45, 7) is 0. The van der Waals surface area contributed by atoms with Gasteiger partial charge in [-0.1, -0.05) is 0 Å². The Kier molecular flexibility index (Phi) is 3.18. The lowest BCUT2D eigenvalue weighted by molar-refractivity contribution is 0.355. The summed E-state index contributed by atoms with van der Waals surface area (Å²) in [5, 5.41) is 0. The van der Waals surface area contributed by atoms with Gasteiger partial charge >= 0.3 is 0 Å². The summed E-state index contributed by atoms with van der Waals surface area (Å²) in [7, 11) is 3.18. The molecule has 1 fully saturated rings. The lowest BCUT2D eigenvalue weighted by Crippen LogP contribution is -2.10. The van der Waals surface area contributed by atoms with Gasteiger partial charge in [-0.05, 0) is 31.0 Å². The van der Waals surface area contributed by atoms with E-state index in [-0.39, 0.29) is 5.56 Å². The van der Waals surface area contributed by atoms with Crippen LogP contribution >= 0.6 is 0 Å². The van der Waals surface area contributed by atoms with Gasteiger partial charge in [-0.15, -0.1) is 0 Å². The fraction of sp³-hybridized carbons (Fsp3) is 0.333. The van der Waals surface area contributed by atoms with Gasteiger partial charge in [-0.3, -0.25) is 4.79 Å². The van der Waals surface area contributed by atoms with Crippen molar-refractivity contribution in [2.24, 2.45) is 0 Å². The maximum atomic E-state index is 11.7. The zero-order chi connectivity index (χ0) is 14.1. The average Bonchev–Trinajstić information content (AvgIpc) is 3.30. The second-order valence-electron chi connectivity index (χ2n) is 4.86. The second-order valence-corrected chi connectivity index (χ2v) is 4.86. The van der Waals surface area contributed by atoms with Crippen LogP contribution in [0.3, 0.4) is 0 Å². The van der Waals surface area contributed by atoms with E-state index in [0.717, 1.165) is 24.2 Å². The molecule has 0 saturated heterocycles. The SMILES string of the molecule is COc1ccc(-c2cc(=O)[nH]c(C3CC3)n2)cc1OC. The van der Waals surface area contributed by atoms with Crippen LogP contribution in [0.4, 0.5) is 0 Å². The van der Waals surface area contributed by atoms with Crippen LogP contribution in [0.1, 0.15) is 24.6 Å². The first-order valence-electron chi connectivity index (χ1n) is 6.55. The molecule has 0 aliphatic heterocycles. The van der Waals surface area contributed by atoms with Crippen molar-refractivity contribution < 1.29 is 9.47 Å². The molecule has 0 spiro atoms. The van der Waals surface area contributed by atoms with E-state index in [1.807, 2.05) is 18.2 Å². The van der Waals surface area contributed by atoms with Crippen LogP contribution < -0.4 is 15.0 Å². The largest absolute Gasteiger partial charge is 0.493 e. The third-order valence-corrected chi connectivity index (χ3v) is 3.40. The van der Waals surface area contributed by atoms with Gasteiger partial charge < -0.3 is 14.5 Å². The maximum Gasteiger partial charge on any atom is 0.251 e. The monoisotopic (exact) mass is 272 g/mol. The molecule has 2 aromatic rings. The third-order valence-electron chi connectivity index (χ3n) is 3.40. The molecule has 1 aromatic carbocycles. The van der Waals surface area contributed by atoms with Crippen molar-refractivity contribution in [3.8, 4) is 22.8 Å². The van der Waals surface area contributed by atoms with Crippen molar-refractivity contribution in [3.63, 3.8) is 0 Å². The Bertz CT molecular complexity index is 690. The van der Waals surface area contributed by atoms with Gasteiger partial charge in [-0.2, -0.15) is 0 Å². The highest BCUT2D eigenvalue weighted by Crippen LogP contribution is 2.38. The van der Waals surface area contributed by atoms with Crippen molar-refractivity contribution in [3.05, 3.63) is 40.4 Å².